The lowest BCUT2D eigenvalue weighted by Crippen LogP contribution is -2.48. The van der Waals surface area contributed by atoms with E-state index in [1.807, 2.05) is 13.8 Å². The second-order valence-corrected chi connectivity index (χ2v) is 9.59. The summed E-state index contributed by atoms with van der Waals surface area (Å²) in [6.45, 7) is 5.58. The molecule has 2 amide bonds. The lowest BCUT2D eigenvalue weighted by Gasteiger charge is -2.34. The Morgan fingerprint density at radius 2 is 1.62 bits per heavy atom. The van der Waals surface area contributed by atoms with Crippen molar-refractivity contribution in [1.82, 2.24) is 4.31 Å². The van der Waals surface area contributed by atoms with Crippen molar-refractivity contribution in [3.05, 3.63) is 48.0 Å². The Morgan fingerprint density at radius 1 is 1.00 bits per heavy atom. The van der Waals surface area contributed by atoms with Crippen LogP contribution in [0.1, 0.15) is 31.1 Å². The molecule has 2 aromatic carbocycles. The fourth-order valence-corrected chi connectivity index (χ4v) is 5.09. The van der Waals surface area contributed by atoms with Crippen LogP contribution in [0.25, 0.3) is 0 Å². The summed E-state index contributed by atoms with van der Waals surface area (Å²) in [5, 5.41) is 5.38. The minimum atomic E-state index is -3.70. The number of hydrogen-bond donors (Lipinski definition) is 2. The number of benzene rings is 2. The van der Waals surface area contributed by atoms with Gasteiger partial charge in [-0.2, -0.15) is 4.31 Å². The van der Waals surface area contributed by atoms with Crippen molar-refractivity contribution in [2.75, 3.05) is 30.8 Å². The van der Waals surface area contributed by atoms with Crippen molar-refractivity contribution in [2.45, 2.75) is 37.9 Å². The van der Waals surface area contributed by atoms with Gasteiger partial charge in [0.1, 0.15) is 5.75 Å². The molecule has 172 valence electrons. The minimum Gasteiger partial charge on any atom is -0.497 e. The van der Waals surface area contributed by atoms with Gasteiger partial charge in [0, 0.05) is 31.6 Å². The van der Waals surface area contributed by atoms with Gasteiger partial charge in [0.2, 0.25) is 15.9 Å². The number of ether oxygens (including phenoxy) is 2. The Morgan fingerprint density at radius 3 is 2.19 bits per heavy atom. The molecule has 0 saturated carbocycles. The Balaban J connectivity index is 1.79. The Bertz CT molecular complexity index is 1090. The van der Waals surface area contributed by atoms with E-state index < -0.39 is 15.9 Å². The summed E-state index contributed by atoms with van der Waals surface area (Å²) in [5.41, 5.74) is 1.04. The first kappa shape index (κ1) is 23.7. The SMILES string of the molecule is COc1ccc(NC(C)=O)c(NC(=O)c2ccc(S(=O)(=O)N3CC(C)OC(C)C3)cc2)c1. The maximum Gasteiger partial charge on any atom is 0.255 e. The van der Waals surface area contributed by atoms with E-state index in [1.165, 1.54) is 42.6 Å². The number of carbonyl (C=O) groups is 2. The molecule has 0 spiro atoms. The highest BCUT2D eigenvalue weighted by Crippen LogP contribution is 2.28. The van der Waals surface area contributed by atoms with Gasteiger partial charge in [-0.15, -0.1) is 0 Å². The monoisotopic (exact) mass is 461 g/mol. The fraction of sp³-hybridized carbons (Fsp3) is 0.364. The van der Waals surface area contributed by atoms with Crippen molar-refractivity contribution in [3.63, 3.8) is 0 Å². The zero-order valence-corrected chi connectivity index (χ0v) is 19.2. The normalized spacial score (nSPS) is 19.2. The summed E-state index contributed by atoms with van der Waals surface area (Å²) < 4.78 is 38.2. The van der Waals surface area contributed by atoms with Gasteiger partial charge >= 0.3 is 0 Å². The van der Waals surface area contributed by atoms with E-state index in [9.17, 15) is 18.0 Å². The molecule has 3 rings (SSSR count). The van der Waals surface area contributed by atoms with Gasteiger partial charge in [-0.25, -0.2) is 8.42 Å². The molecule has 2 atom stereocenters. The summed E-state index contributed by atoms with van der Waals surface area (Å²) in [7, 11) is -2.21. The van der Waals surface area contributed by atoms with Crippen LogP contribution >= 0.6 is 0 Å². The molecular formula is C22H27N3O6S. The Labute approximate surface area is 187 Å². The van der Waals surface area contributed by atoms with E-state index in [0.717, 1.165) is 0 Å². The zero-order chi connectivity index (χ0) is 23.5. The first-order valence-electron chi connectivity index (χ1n) is 10.1. The molecule has 2 N–H and O–H groups in total. The predicted octanol–water partition coefficient (Wildman–Crippen LogP) is 2.70. The van der Waals surface area contributed by atoms with Gasteiger partial charge < -0.3 is 20.1 Å². The second kappa shape index (κ2) is 9.68. The maximum atomic E-state index is 13.0. The Kier molecular flexibility index (Phi) is 7.17. The maximum absolute atomic E-state index is 13.0. The molecule has 32 heavy (non-hydrogen) atoms. The summed E-state index contributed by atoms with van der Waals surface area (Å²) in [6.07, 6.45) is -0.390. The van der Waals surface area contributed by atoms with Gasteiger partial charge in [-0.05, 0) is 50.2 Å². The third kappa shape index (κ3) is 5.45. The molecule has 2 aromatic rings. The summed E-state index contributed by atoms with van der Waals surface area (Å²) >= 11 is 0. The third-order valence-electron chi connectivity index (χ3n) is 4.93. The van der Waals surface area contributed by atoms with Crippen LogP contribution in [0, 0.1) is 0 Å². The molecule has 0 aromatic heterocycles. The second-order valence-electron chi connectivity index (χ2n) is 7.65. The molecule has 0 bridgehead atoms. The topological polar surface area (TPSA) is 114 Å². The molecule has 1 saturated heterocycles. The molecular weight excluding hydrogens is 434 g/mol. The van der Waals surface area contributed by atoms with Crippen LogP contribution in [0.3, 0.4) is 0 Å². The lowest BCUT2D eigenvalue weighted by molar-refractivity contribution is -0.114. The highest BCUT2D eigenvalue weighted by Gasteiger charge is 2.32. The molecule has 9 nitrogen and oxygen atoms in total. The van der Waals surface area contributed by atoms with Crippen molar-refractivity contribution in [3.8, 4) is 5.75 Å². The number of anilines is 2. The average molecular weight is 462 g/mol. The molecule has 1 heterocycles. The largest absolute Gasteiger partial charge is 0.497 e. The number of sulfonamides is 1. The number of hydrogen-bond acceptors (Lipinski definition) is 6. The number of rotatable bonds is 6. The smallest absolute Gasteiger partial charge is 0.255 e. The quantitative estimate of drug-likeness (QED) is 0.684. The van der Waals surface area contributed by atoms with E-state index in [1.54, 1.807) is 18.2 Å². The van der Waals surface area contributed by atoms with Gasteiger partial charge in [0.25, 0.3) is 5.91 Å². The van der Waals surface area contributed by atoms with Crippen LogP contribution in [0.5, 0.6) is 5.75 Å². The number of morpholine rings is 1. The molecule has 2 unspecified atom stereocenters. The number of amides is 2. The Hall–Kier alpha value is -2.95. The third-order valence-corrected chi connectivity index (χ3v) is 6.77. The van der Waals surface area contributed by atoms with Crippen LogP contribution in [-0.4, -0.2) is 56.9 Å². The van der Waals surface area contributed by atoms with Crippen LogP contribution in [-0.2, 0) is 19.6 Å². The van der Waals surface area contributed by atoms with E-state index in [4.69, 9.17) is 9.47 Å². The van der Waals surface area contributed by atoms with Crippen LogP contribution in [0.2, 0.25) is 0 Å². The molecule has 1 fully saturated rings. The van der Waals surface area contributed by atoms with Crippen molar-refractivity contribution in [1.29, 1.82) is 0 Å². The predicted molar refractivity (Wildman–Crippen MR) is 120 cm³/mol. The van der Waals surface area contributed by atoms with Crippen molar-refractivity contribution < 1.29 is 27.5 Å². The molecule has 1 aliphatic heterocycles. The van der Waals surface area contributed by atoms with Gasteiger partial charge in [0.05, 0.1) is 35.6 Å². The highest BCUT2D eigenvalue weighted by molar-refractivity contribution is 7.89. The first-order valence-corrected chi connectivity index (χ1v) is 11.6. The van der Waals surface area contributed by atoms with E-state index in [2.05, 4.69) is 10.6 Å². The first-order chi connectivity index (χ1) is 15.1. The van der Waals surface area contributed by atoms with Gasteiger partial charge in [0.15, 0.2) is 0 Å². The van der Waals surface area contributed by atoms with E-state index in [0.29, 0.717) is 17.1 Å². The van der Waals surface area contributed by atoms with Crippen molar-refractivity contribution >= 4 is 33.2 Å². The number of nitrogens with one attached hydrogen (secondary N) is 2. The molecule has 0 aliphatic carbocycles. The van der Waals surface area contributed by atoms with Gasteiger partial charge in [-0.1, -0.05) is 0 Å². The van der Waals surface area contributed by atoms with Crippen LogP contribution < -0.4 is 15.4 Å². The van der Waals surface area contributed by atoms with Crippen molar-refractivity contribution in [2.24, 2.45) is 0 Å². The minimum absolute atomic E-state index is 0.107. The standard InChI is InChI=1S/C22H27N3O6S/c1-14-12-25(13-15(2)31-14)32(28,29)19-8-5-17(6-9-19)22(27)24-21-11-18(30-4)7-10-20(21)23-16(3)26/h5-11,14-15H,12-13H2,1-4H3,(H,23,26)(H,24,27). The average Bonchev–Trinajstić information content (AvgIpc) is 2.74. The number of nitrogens with zero attached hydrogens (tertiary/aromatic N) is 1. The fourth-order valence-electron chi connectivity index (χ4n) is 3.50. The number of methoxy groups -OCH3 is 1. The zero-order valence-electron chi connectivity index (χ0n) is 18.4. The number of carbonyl (C=O) groups excluding carboxylic acids is 2. The summed E-state index contributed by atoms with van der Waals surface area (Å²) in [6, 6.07) is 10.6. The van der Waals surface area contributed by atoms with Crippen LogP contribution in [0.4, 0.5) is 11.4 Å². The highest BCUT2D eigenvalue weighted by atomic mass is 32.2. The van der Waals surface area contributed by atoms with Gasteiger partial charge in [-0.3, -0.25) is 9.59 Å². The lowest BCUT2D eigenvalue weighted by atomic mass is 10.2. The molecule has 0 radical (unpaired) electrons. The molecule has 10 heteroatoms. The summed E-state index contributed by atoms with van der Waals surface area (Å²) in [5.74, 6) is -0.237. The van der Waals surface area contributed by atoms with Crippen LogP contribution in [0.15, 0.2) is 47.4 Å². The van der Waals surface area contributed by atoms with E-state index in [-0.39, 0.29) is 41.7 Å². The summed E-state index contributed by atoms with van der Waals surface area (Å²) in [4.78, 5) is 24.3. The molecule has 1 aliphatic rings. The van der Waals surface area contributed by atoms with E-state index >= 15 is 0 Å².